The van der Waals surface area contributed by atoms with Gasteiger partial charge < -0.3 is 9.68 Å². The van der Waals surface area contributed by atoms with E-state index >= 15 is 0 Å². The van der Waals surface area contributed by atoms with E-state index < -0.39 is 7.12 Å². The number of aryl methyl sites for hydroxylation is 1. The fourth-order valence-corrected chi connectivity index (χ4v) is 2.95. The van der Waals surface area contributed by atoms with E-state index in [-0.39, 0.29) is 5.78 Å². The van der Waals surface area contributed by atoms with Gasteiger partial charge in [0.15, 0.2) is 5.78 Å². The highest BCUT2D eigenvalue weighted by Gasteiger charge is 2.27. The lowest BCUT2D eigenvalue weighted by atomic mass is 9.78. The topological polar surface area (TPSA) is 59.4 Å². The summed E-state index contributed by atoms with van der Waals surface area (Å²) < 4.78 is 5.14. The van der Waals surface area contributed by atoms with Crippen molar-refractivity contribution in [3.05, 3.63) is 45.4 Å². The SMILES string of the molecule is Cc1ncsc1C(=O)Cc1ccc2c(c1)B(O)OC2. The van der Waals surface area contributed by atoms with E-state index in [0.717, 1.165) is 22.3 Å². The van der Waals surface area contributed by atoms with Gasteiger partial charge >= 0.3 is 7.12 Å². The number of benzene rings is 1. The number of hydrogen-bond acceptors (Lipinski definition) is 5. The van der Waals surface area contributed by atoms with Gasteiger partial charge in [-0.15, -0.1) is 11.3 Å². The van der Waals surface area contributed by atoms with E-state index in [9.17, 15) is 9.82 Å². The van der Waals surface area contributed by atoms with E-state index in [0.29, 0.717) is 17.9 Å². The van der Waals surface area contributed by atoms with Crippen LogP contribution in [0.3, 0.4) is 0 Å². The van der Waals surface area contributed by atoms with Gasteiger partial charge in [0, 0.05) is 6.42 Å². The first-order valence-electron chi connectivity index (χ1n) is 6.00. The molecular weight excluding hydrogens is 261 g/mol. The van der Waals surface area contributed by atoms with Gasteiger partial charge in [-0.05, 0) is 23.5 Å². The fourth-order valence-electron chi connectivity index (χ4n) is 2.21. The summed E-state index contributed by atoms with van der Waals surface area (Å²) in [7, 11) is -0.866. The van der Waals surface area contributed by atoms with Crippen molar-refractivity contribution in [2.45, 2.75) is 20.0 Å². The summed E-state index contributed by atoms with van der Waals surface area (Å²) in [4.78, 5) is 16.9. The number of thiazole rings is 1. The van der Waals surface area contributed by atoms with Gasteiger partial charge in [-0.3, -0.25) is 4.79 Å². The molecule has 0 unspecified atom stereocenters. The smallest absolute Gasteiger partial charge is 0.423 e. The van der Waals surface area contributed by atoms with E-state index in [2.05, 4.69) is 4.98 Å². The van der Waals surface area contributed by atoms with Crippen LogP contribution in [-0.4, -0.2) is 22.9 Å². The number of ketones is 1. The molecule has 19 heavy (non-hydrogen) atoms. The van der Waals surface area contributed by atoms with Crippen molar-refractivity contribution in [3.63, 3.8) is 0 Å². The predicted molar refractivity (Wildman–Crippen MR) is 73.7 cm³/mol. The first-order valence-corrected chi connectivity index (χ1v) is 6.88. The fraction of sp³-hybridized carbons (Fsp3) is 0.231. The van der Waals surface area contributed by atoms with Crippen molar-refractivity contribution in [2.24, 2.45) is 0 Å². The Morgan fingerprint density at radius 3 is 3.16 bits per heavy atom. The molecular formula is C13H12BNO3S. The van der Waals surface area contributed by atoms with Gasteiger partial charge in [0.1, 0.15) is 0 Å². The minimum absolute atomic E-state index is 0.0633. The minimum atomic E-state index is -0.866. The predicted octanol–water partition coefficient (Wildman–Crippen LogP) is 1.09. The molecule has 0 aliphatic carbocycles. The average Bonchev–Trinajstić information content (AvgIpc) is 2.97. The number of carbonyl (C=O) groups is 1. The maximum Gasteiger partial charge on any atom is 0.491 e. The highest BCUT2D eigenvalue weighted by atomic mass is 32.1. The molecule has 6 heteroatoms. The zero-order chi connectivity index (χ0) is 13.4. The summed E-state index contributed by atoms with van der Waals surface area (Å²) in [6.45, 7) is 2.27. The Balaban J connectivity index is 1.83. The first-order chi connectivity index (χ1) is 9.15. The summed E-state index contributed by atoms with van der Waals surface area (Å²) in [5.41, 5.74) is 5.10. The van der Waals surface area contributed by atoms with Crippen LogP contribution in [0.2, 0.25) is 0 Å². The third-order valence-corrected chi connectivity index (χ3v) is 4.21. The molecule has 1 aromatic heterocycles. The van der Waals surface area contributed by atoms with E-state index in [1.54, 1.807) is 5.51 Å². The molecule has 1 aliphatic rings. The lowest BCUT2D eigenvalue weighted by Gasteiger charge is -2.04. The molecule has 0 spiro atoms. The van der Waals surface area contributed by atoms with Gasteiger partial charge in [-0.1, -0.05) is 18.2 Å². The number of carbonyl (C=O) groups excluding carboxylic acids is 1. The minimum Gasteiger partial charge on any atom is -0.423 e. The van der Waals surface area contributed by atoms with Crippen LogP contribution in [0.25, 0.3) is 0 Å². The van der Waals surface area contributed by atoms with Crippen LogP contribution >= 0.6 is 11.3 Å². The second-order valence-corrected chi connectivity index (χ2v) is 5.42. The Kier molecular flexibility index (Phi) is 3.22. The van der Waals surface area contributed by atoms with Crippen LogP contribution in [0.15, 0.2) is 23.7 Å². The molecule has 3 rings (SSSR count). The molecule has 2 heterocycles. The van der Waals surface area contributed by atoms with Crippen LogP contribution in [0, 0.1) is 6.92 Å². The molecule has 4 nitrogen and oxygen atoms in total. The largest absolute Gasteiger partial charge is 0.491 e. The number of aromatic nitrogens is 1. The molecule has 0 amide bonds. The van der Waals surface area contributed by atoms with Crippen LogP contribution < -0.4 is 5.46 Å². The van der Waals surface area contributed by atoms with Crippen molar-refractivity contribution in [3.8, 4) is 0 Å². The number of Topliss-reactive ketones (excluding diaryl/α,β-unsaturated/α-hetero) is 1. The monoisotopic (exact) mass is 273 g/mol. The van der Waals surface area contributed by atoms with Gasteiger partial charge in [-0.25, -0.2) is 4.98 Å². The van der Waals surface area contributed by atoms with Crippen LogP contribution in [0.1, 0.15) is 26.5 Å². The molecule has 0 radical (unpaired) electrons. The van der Waals surface area contributed by atoms with Crippen molar-refractivity contribution >= 4 is 29.7 Å². The summed E-state index contributed by atoms with van der Waals surface area (Å²) in [6.07, 6.45) is 0.322. The van der Waals surface area contributed by atoms with Crippen molar-refractivity contribution in [2.75, 3.05) is 0 Å². The molecule has 1 aliphatic heterocycles. The standard InChI is InChI=1S/C13H12BNO3S/c1-8-13(19-7-15-8)12(16)5-9-2-3-10-6-18-14(17)11(10)4-9/h2-4,7,17H,5-6H2,1H3. The zero-order valence-corrected chi connectivity index (χ0v) is 11.2. The summed E-state index contributed by atoms with van der Waals surface area (Å²) in [6, 6.07) is 5.67. The normalized spacial score (nSPS) is 13.7. The Morgan fingerprint density at radius 1 is 1.58 bits per heavy atom. The van der Waals surface area contributed by atoms with Crippen molar-refractivity contribution in [1.82, 2.24) is 4.98 Å². The molecule has 96 valence electrons. The van der Waals surface area contributed by atoms with Gasteiger partial charge in [-0.2, -0.15) is 0 Å². The molecule has 0 saturated heterocycles. The van der Waals surface area contributed by atoms with E-state index in [1.807, 2.05) is 25.1 Å². The second kappa shape index (κ2) is 4.88. The molecule has 2 aromatic rings. The third kappa shape index (κ3) is 2.34. The van der Waals surface area contributed by atoms with Crippen LogP contribution in [0.5, 0.6) is 0 Å². The Morgan fingerprint density at radius 2 is 2.42 bits per heavy atom. The number of nitrogens with zero attached hydrogens (tertiary/aromatic N) is 1. The van der Waals surface area contributed by atoms with E-state index in [4.69, 9.17) is 4.65 Å². The molecule has 0 atom stereocenters. The quantitative estimate of drug-likeness (QED) is 0.672. The lowest BCUT2D eigenvalue weighted by molar-refractivity contribution is 0.0996. The van der Waals surface area contributed by atoms with Crippen LogP contribution in [0.4, 0.5) is 0 Å². The van der Waals surface area contributed by atoms with Crippen LogP contribution in [-0.2, 0) is 17.7 Å². The molecule has 0 saturated carbocycles. The van der Waals surface area contributed by atoms with E-state index in [1.165, 1.54) is 11.3 Å². The number of hydrogen-bond donors (Lipinski definition) is 1. The first kappa shape index (κ1) is 12.5. The number of rotatable bonds is 3. The maximum absolute atomic E-state index is 12.2. The molecule has 1 aromatic carbocycles. The van der Waals surface area contributed by atoms with Crippen molar-refractivity contribution < 1.29 is 14.5 Å². The molecule has 1 N–H and O–H groups in total. The van der Waals surface area contributed by atoms with Crippen molar-refractivity contribution in [1.29, 1.82) is 0 Å². The second-order valence-electron chi connectivity index (χ2n) is 4.56. The maximum atomic E-state index is 12.2. The lowest BCUT2D eigenvalue weighted by Crippen LogP contribution is -2.28. The molecule has 0 bridgehead atoms. The Labute approximate surface area is 115 Å². The zero-order valence-electron chi connectivity index (χ0n) is 10.4. The third-order valence-electron chi connectivity index (χ3n) is 3.24. The highest BCUT2D eigenvalue weighted by molar-refractivity contribution is 7.11. The Bertz CT molecular complexity index is 641. The summed E-state index contributed by atoms with van der Waals surface area (Å²) in [5.74, 6) is 0.0633. The Hall–Kier alpha value is -1.50. The molecule has 0 fully saturated rings. The van der Waals surface area contributed by atoms with Gasteiger partial charge in [0.2, 0.25) is 0 Å². The average molecular weight is 273 g/mol. The summed E-state index contributed by atoms with van der Waals surface area (Å²) >= 11 is 1.37. The van der Waals surface area contributed by atoms with Gasteiger partial charge in [0.05, 0.1) is 22.7 Å². The highest BCUT2D eigenvalue weighted by Crippen LogP contribution is 2.17. The number of fused-ring (bicyclic) bond motifs is 1. The summed E-state index contributed by atoms with van der Waals surface area (Å²) in [5, 5.41) is 9.65. The van der Waals surface area contributed by atoms with Gasteiger partial charge in [0.25, 0.3) is 0 Å².